The lowest BCUT2D eigenvalue weighted by atomic mass is 10.1. The quantitative estimate of drug-likeness (QED) is 0.928. The molecule has 2 fully saturated rings. The maximum absolute atomic E-state index is 5.42. The maximum Gasteiger partial charge on any atom is 0.133 e. The van der Waals surface area contributed by atoms with Crippen LogP contribution in [0.25, 0.3) is 11.3 Å². The molecule has 3 heterocycles. The topological polar surface area (TPSA) is 28.4 Å². The highest BCUT2D eigenvalue weighted by molar-refractivity contribution is 5.57. The van der Waals surface area contributed by atoms with Crippen LogP contribution in [0.2, 0.25) is 0 Å². The van der Waals surface area contributed by atoms with E-state index < -0.39 is 0 Å². The normalized spacial score (nSPS) is 26.0. The summed E-state index contributed by atoms with van der Waals surface area (Å²) in [5, 5.41) is 3.61. The largest absolute Gasteiger partial charge is 0.464 e. The standard InChI is InChI=1S/C17H20N2O/c1-2-17(20-9-1)14-5-3-13(4-6-14)10-19-11-15-7-8-18-16(15)12-19/h1-6,9,15-16,18H,7-8,10-12H2/t15-,16+/m1/s1. The van der Waals surface area contributed by atoms with E-state index >= 15 is 0 Å². The molecule has 2 aromatic rings. The van der Waals surface area contributed by atoms with Gasteiger partial charge in [-0.05, 0) is 36.6 Å². The Kier molecular flexibility index (Phi) is 3.09. The summed E-state index contributed by atoms with van der Waals surface area (Å²) >= 11 is 0. The summed E-state index contributed by atoms with van der Waals surface area (Å²) in [4.78, 5) is 2.57. The first-order valence-electron chi connectivity index (χ1n) is 7.47. The van der Waals surface area contributed by atoms with Crippen molar-refractivity contribution in [3.63, 3.8) is 0 Å². The summed E-state index contributed by atoms with van der Waals surface area (Å²) in [6.07, 6.45) is 3.07. The van der Waals surface area contributed by atoms with Crippen LogP contribution in [0.5, 0.6) is 0 Å². The van der Waals surface area contributed by atoms with Crippen molar-refractivity contribution < 1.29 is 4.42 Å². The molecule has 3 heteroatoms. The fraction of sp³-hybridized carbons (Fsp3) is 0.412. The van der Waals surface area contributed by atoms with Crippen molar-refractivity contribution in [2.24, 2.45) is 5.92 Å². The molecule has 3 nitrogen and oxygen atoms in total. The van der Waals surface area contributed by atoms with Gasteiger partial charge in [0.1, 0.15) is 5.76 Å². The first-order chi connectivity index (χ1) is 9.88. The zero-order chi connectivity index (χ0) is 13.4. The number of rotatable bonds is 3. The summed E-state index contributed by atoms with van der Waals surface area (Å²) in [7, 11) is 0. The van der Waals surface area contributed by atoms with Gasteiger partial charge in [0.15, 0.2) is 0 Å². The molecule has 20 heavy (non-hydrogen) atoms. The molecule has 0 bridgehead atoms. The molecule has 2 saturated heterocycles. The van der Waals surface area contributed by atoms with E-state index in [1.165, 1.54) is 31.6 Å². The highest BCUT2D eigenvalue weighted by atomic mass is 16.3. The molecular weight excluding hydrogens is 248 g/mol. The lowest BCUT2D eigenvalue weighted by Gasteiger charge is -2.17. The van der Waals surface area contributed by atoms with Crippen LogP contribution in [0.3, 0.4) is 0 Å². The van der Waals surface area contributed by atoms with E-state index in [2.05, 4.69) is 34.5 Å². The summed E-state index contributed by atoms with van der Waals surface area (Å²) < 4.78 is 5.42. The number of nitrogens with zero attached hydrogens (tertiary/aromatic N) is 1. The summed E-state index contributed by atoms with van der Waals surface area (Å²) in [5.74, 6) is 1.81. The molecule has 2 aliphatic heterocycles. The molecule has 4 rings (SSSR count). The minimum absolute atomic E-state index is 0.734. The fourth-order valence-corrected chi connectivity index (χ4v) is 3.54. The van der Waals surface area contributed by atoms with E-state index in [1.54, 1.807) is 6.26 Å². The van der Waals surface area contributed by atoms with Crippen LogP contribution in [0.15, 0.2) is 47.1 Å². The van der Waals surface area contributed by atoms with E-state index in [4.69, 9.17) is 4.42 Å². The summed E-state index contributed by atoms with van der Waals surface area (Å²) in [5.41, 5.74) is 2.54. The van der Waals surface area contributed by atoms with E-state index in [0.717, 1.165) is 29.8 Å². The fourth-order valence-electron chi connectivity index (χ4n) is 3.54. The van der Waals surface area contributed by atoms with Gasteiger partial charge < -0.3 is 9.73 Å². The van der Waals surface area contributed by atoms with Gasteiger partial charge >= 0.3 is 0 Å². The SMILES string of the molecule is c1coc(-c2ccc(CN3C[C@H]4CCN[C@H]4C3)cc2)c1. The minimum atomic E-state index is 0.734. The Balaban J connectivity index is 1.42. The molecule has 0 aliphatic carbocycles. The molecule has 0 saturated carbocycles. The number of hydrogen-bond acceptors (Lipinski definition) is 3. The first kappa shape index (κ1) is 12.2. The van der Waals surface area contributed by atoms with Gasteiger partial charge in [0, 0.05) is 31.2 Å². The number of likely N-dealkylation sites (tertiary alicyclic amines) is 1. The number of nitrogens with one attached hydrogen (secondary N) is 1. The zero-order valence-electron chi connectivity index (χ0n) is 11.6. The van der Waals surface area contributed by atoms with E-state index in [1.807, 2.05) is 12.1 Å². The Labute approximate surface area is 119 Å². The van der Waals surface area contributed by atoms with E-state index in [-0.39, 0.29) is 0 Å². The maximum atomic E-state index is 5.42. The van der Waals surface area contributed by atoms with Gasteiger partial charge in [-0.25, -0.2) is 0 Å². The molecule has 0 spiro atoms. The Morgan fingerprint density at radius 1 is 1.15 bits per heavy atom. The average molecular weight is 268 g/mol. The molecule has 2 atom stereocenters. The predicted octanol–water partition coefficient (Wildman–Crippen LogP) is 2.74. The van der Waals surface area contributed by atoms with Gasteiger partial charge in [-0.3, -0.25) is 4.90 Å². The van der Waals surface area contributed by atoms with Crippen molar-refractivity contribution in [2.75, 3.05) is 19.6 Å². The second-order valence-corrected chi connectivity index (χ2v) is 5.98. The number of benzene rings is 1. The van der Waals surface area contributed by atoms with E-state index in [9.17, 15) is 0 Å². The molecule has 2 aliphatic rings. The highest BCUT2D eigenvalue weighted by Gasteiger charge is 2.35. The van der Waals surface area contributed by atoms with E-state index in [0.29, 0.717) is 0 Å². The zero-order valence-corrected chi connectivity index (χ0v) is 11.6. The third kappa shape index (κ3) is 2.28. The van der Waals surface area contributed by atoms with Gasteiger partial charge in [-0.1, -0.05) is 24.3 Å². The van der Waals surface area contributed by atoms with Gasteiger partial charge in [-0.2, -0.15) is 0 Å². The molecule has 0 amide bonds. The molecule has 1 N–H and O–H groups in total. The van der Waals surface area contributed by atoms with Gasteiger partial charge in [0.25, 0.3) is 0 Å². The molecule has 0 unspecified atom stereocenters. The van der Waals surface area contributed by atoms with Crippen LogP contribution < -0.4 is 5.32 Å². The number of furan rings is 1. The van der Waals surface area contributed by atoms with Crippen molar-refractivity contribution in [1.29, 1.82) is 0 Å². The van der Waals surface area contributed by atoms with Crippen LogP contribution in [0.1, 0.15) is 12.0 Å². The molecular formula is C17H20N2O. The van der Waals surface area contributed by atoms with Gasteiger partial charge in [-0.15, -0.1) is 0 Å². The Bertz CT molecular complexity index is 549. The van der Waals surface area contributed by atoms with Crippen LogP contribution in [0, 0.1) is 5.92 Å². The molecule has 0 radical (unpaired) electrons. The average Bonchev–Trinajstić information content (AvgIpc) is 3.15. The Morgan fingerprint density at radius 3 is 2.80 bits per heavy atom. The number of fused-ring (bicyclic) bond motifs is 1. The van der Waals surface area contributed by atoms with Crippen molar-refractivity contribution in [1.82, 2.24) is 10.2 Å². The van der Waals surface area contributed by atoms with Gasteiger partial charge in [0.2, 0.25) is 0 Å². The third-order valence-electron chi connectivity index (χ3n) is 4.60. The Hall–Kier alpha value is -1.58. The van der Waals surface area contributed by atoms with Crippen LogP contribution in [-0.2, 0) is 6.54 Å². The summed E-state index contributed by atoms with van der Waals surface area (Å²) in [6, 6.07) is 13.4. The highest BCUT2D eigenvalue weighted by Crippen LogP contribution is 2.26. The molecule has 1 aromatic heterocycles. The molecule has 1 aromatic carbocycles. The van der Waals surface area contributed by atoms with Crippen molar-refractivity contribution in [3.8, 4) is 11.3 Å². The predicted molar refractivity (Wildman–Crippen MR) is 79.3 cm³/mol. The monoisotopic (exact) mass is 268 g/mol. The Morgan fingerprint density at radius 2 is 2.05 bits per heavy atom. The smallest absolute Gasteiger partial charge is 0.133 e. The molecule has 104 valence electrons. The first-order valence-corrected chi connectivity index (χ1v) is 7.47. The lowest BCUT2D eigenvalue weighted by molar-refractivity contribution is 0.307. The third-order valence-corrected chi connectivity index (χ3v) is 4.60. The lowest BCUT2D eigenvalue weighted by Crippen LogP contribution is -2.29. The van der Waals surface area contributed by atoms with Gasteiger partial charge in [0.05, 0.1) is 6.26 Å². The second kappa shape index (κ2) is 5.08. The summed E-state index contributed by atoms with van der Waals surface area (Å²) in [6.45, 7) is 4.72. The van der Waals surface area contributed by atoms with Crippen LogP contribution in [0.4, 0.5) is 0 Å². The van der Waals surface area contributed by atoms with Crippen LogP contribution in [-0.4, -0.2) is 30.6 Å². The van der Waals surface area contributed by atoms with Crippen LogP contribution >= 0.6 is 0 Å². The van der Waals surface area contributed by atoms with Crippen molar-refractivity contribution >= 4 is 0 Å². The second-order valence-electron chi connectivity index (χ2n) is 5.98. The minimum Gasteiger partial charge on any atom is -0.464 e. The van der Waals surface area contributed by atoms with Crippen molar-refractivity contribution in [3.05, 3.63) is 48.2 Å². The number of hydrogen-bond donors (Lipinski definition) is 1. The van der Waals surface area contributed by atoms with Crippen molar-refractivity contribution in [2.45, 2.75) is 19.0 Å².